The number of ether oxygens (including phenoxy) is 3. The van der Waals surface area contributed by atoms with Crippen LogP contribution in [-0.2, 0) is 14.3 Å². The van der Waals surface area contributed by atoms with Crippen LogP contribution in [-0.4, -0.2) is 32.1 Å². The first-order valence-corrected chi connectivity index (χ1v) is 7.65. The smallest absolute Gasteiger partial charge is 0.335 e. The lowest BCUT2D eigenvalue weighted by molar-refractivity contribution is -0.143. The third-order valence-corrected chi connectivity index (χ3v) is 3.93. The van der Waals surface area contributed by atoms with Crippen LogP contribution in [0, 0.1) is 6.92 Å². The van der Waals surface area contributed by atoms with Crippen molar-refractivity contribution in [3.63, 3.8) is 0 Å². The normalized spacial score (nSPS) is 19.4. The van der Waals surface area contributed by atoms with E-state index in [0.717, 1.165) is 22.4 Å². The Bertz CT molecular complexity index is 767. The molecule has 0 aliphatic carbocycles. The number of carbonyl (C=O) groups is 1. The number of esters is 1. The van der Waals surface area contributed by atoms with E-state index in [1.807, 2.05) is 55.5 Å². The summed E-state index contributed by atoms with van der Waals surface area (Å²) in [5, 5.41) is 0. The summed E-state index contributed by atoms with van der Waals surface area (Å²) < 4.78 is 16.1. The molecule has 1 heterocycles. The maximum Gasteiger partial charge on any atom is 0.335 e. The molecular formula is C19H19NO4. The molecule has 2 atom stereocenters. The summed E-state index contributed by atoms with van der Waals surface area (Å²) in [4.78, 5) is 16.6. The second-order valence-electron chi connectivity index (χ2n) is 5.58. The van der Waals surface area contributed by atoms with Gasteiger partial charge in [-0.2, -0.15) is 0 Å². The Kier molecular flexibility index (Phi) is 4.51. The van der Waals surface area contributed by atoms with Gasteiger partial charge in [-0.3, -0.25) is 0 Å². The van der Waals surface area contributed by atoms with E-state index in [4.69, 9.17) is 14.2 Å². The maximum absolute atomic E-state index is 12.1. The highest BCUT2D eigenvalue weighted by molar-refractivity contribution is 5.98. The van der Waals surface area contributed by atoms with Gasteiger partial charge >= 0.3 is 5.97 Å². The van der Waals surface area contributed by atoms with Crippen LogP contribution in [0.15, 0.2) is 53.5 Å². The molecule has 0 N–H and O–H groups in total. The molecule has 1 aliphatic heterocycles. The zero-order valence-electron chi connectivity index (χ0n) is 13.9. The number of hydrogen-bond acceptors (Lipinski definition) is 5. The molecule has 2 aromatic rings. The van der Waals surface area contributed by atoms with Crippen molar-refractivity contribution in [2.24, 2.45) is 4.99 Å². The van der Waals surface area contributed by atoms with Gasteiger partial charge < -0.3 is 14.2 Å². The topological polar surface area (TPSA) is 57.1 Å². The predicted octanol–water partition coefficient (Wildman–Crippen LogP) is 3.06. The van der Waals surface area contributed by atoms with Crippen LogP contribution in [0.4, 0.5) is 0 Å². The number of rotatable bonds is 4. The predicted molar refractivity (Wildman–Crippen MR) is 90.3 cm³/mol. The molecule has 0 saturated carbocycles. The van der Waals surface area contributed by atoms with Gasteiger partial charge in [0.25, 0.3) is 0 Å². The Labute approximate surface area is 140 Å². The maximum atomic E-state index is 12.1. The van der Waals surface area contributed by atoms with E-state index in [1.54, 1.807) is 7.11 Å². The van der Waals surface area contributed by atoms with Gasteiger partial charge in [0.15, 0.2) is 12.1 Å². The third-order valence-electron chi connectivity index (χ3n) is 3.93. The number of hydrogen-bond donors (Lipinski definition) is 0. The highest BCUT2D eigenvalue weighted by atomic mass is 16.5. The number of benzene rings is 2. The molecule has 1 aliphatic rings. The minimum Gasteiger partial charge on any atom is -0.497 e. The van der Waals surface area contributed by atoms with Crippen molar-refractivity contribution in [1.29, 1.82) is 0 Å². The summed E-state index contributed by atoms with van der Waals surface area (Å²) in [5.74, 6) is 0.765. The van der Waals surface area contributed by atoms with Crippen molar-refractivity contribution in [3.05, 3.63) is 65.2 Å². The lowest BCUT2D eigenvalue weighted by atomic mass is 10.0. The average Bonchev–Trinajstić information content (AvgIpc) is 3.06. The largest absolute Gasteiger partial charge is 0.497 e. The minimum atomic E-state index is -0.714. The molecule has 24 heavy (non-hydrogen) atoms. The average molecular weight is 325 g/mol. The molecule has 0 bridgehead atoms. The van der Waals surface area contributed by atoms with Crippen molar-refractivity contribution in [1.82, 2.24) is 0 Å². The highest BCUT2D eigenvalue weighted by Crippen LogP contribution is 2.32. The molecule has 0 saturated heterocycles. The molecule has 3 rings (SSSR count). The first kappa shape index (κ1) is 16.1. The number of aryl methyl sites for hydroxylation is 1. The zero-order valence-corrected chi connectivity index (χ0v) is 13.9. The fourth-order valence-electron chi connectivity index (χ4n) is 2.68. The van der Waals surface area contributed by atoms with Crippen molar-refractivity contribution in [2.75, 3.05) is 14.2 Å². The highest BCUT2D eigenvalue weighted by Gasteiger charge is 2.38. The number of methoxy groups -OCH3 is 2. The quantitative estimate of drug-likeness (QED) is 0.811. The molecule has 0 unspecified atom stereocenters. The van der Waals surface area contributed by atoms with Gasteiger partial charge in [0.2, 0.25) is 5.90 Å². The summed E-state index contributed by atoms with van der Waals surface area (Å²) in [6.45, 7) is 2.00. The fraction of sp³-hybridized carbons (Fsp3) is 0.263. The standard InChI is InChI=1S/C19H19NO4/c1-12-5-4-6-14(11-12)17-16(19(21)23-3)20-18(24-17)13-7-9-15(22-2)10-8-13/h4-11,16-17H,1-3H3/t16-,17-/m0/s1. The van der Waals surface area contributed by atoms with Gasteiger partial charge in [-0.25, -0.2) is 9.79 Å². The molecule has 0 amide bonds. The van der Waals surface area contributed by atoms with Gasteiger partial charge in [-0.1, -0.05) is 29.8 Å². The van der Waals surface area contributed by atoms with E-state index >= 15 is 0 Å². The van der Waals surface area contributed by atoms with E-state index < -0.39 is 18.1 Å². The first-order valence-electron chi connectivity index (χ1n) is 7.65. The van der Waals surface area contributed by atoms with Gasteiger partial charge in [-0.05, 0) is 36.8 Å². The first-order chi connectivity index (χ1) is 11.6. The lowest BCUT2D eigenvalue weighted by Crippen LogP contribution is -2.25. The van der Waals surface area contributed by atoms with Gasteiger partial charge in [-0.15, -0.1) is 0 Å². The van der Waals surface area contributed by atoms with Crippen LogP contribution in [0.1, 0.15) is 22.8 Å². The van der Waals surface area contributed by atoms with Crippen LogP contribution in [0.3, 0.4) is 0 Å². The molecule has 124 valence electrons. The van der Waals surface area contributed by atoms with Crippen molar-refractivity contribution in [3.8, 4) is 5.75 Å². The number of nitrogens with zero attached hydrogens (tertiary/aromatic N) is 1. The summed E-state index contributed by atoms with van der Waals surface area (Å²) in [5.41, 5.74) is 2.79. The van der Waals surface area contributed by atoms with Crippen molar-refractivity contribution >= 4 is 11.9 Å². The zero-order chi connectivity index (χ0) is 17.1. The molecular weight excluding hydrogens is 306 g/mol. The summed E-state index contributed by atoms with van der Waals surface area (Å²) in [6, 6.07) is 14.5. The number of carbonyl (C=O) groups excluding carboxylic acids is 1. The Morgan fingerprint density at radius 2 is 1.88 bits per heavy atom. The number of aliphatic imine (C=N–C) groups is 1. The van der Waals surface area contributed by atoms with Gasteiger partial charge in [0.1, 0.15) is 5.75 Å². The molecule has 2 aromatic carbocycles. The molecule has 5 heteroatoms. The van der Waals surface area contributed by atoms with Crippen LogP contribution >= 0.6 is 0 Å². The Morgan fingerprint density at radius 1 is 1.12 bits per heavy atom. The van der Waals surface area contributed by atoms with E-state index in [2.05, 4.69) is 4.99 Å². The molecule has 5 nitrogen and oxygen atoms in total. The third kappa shape index (κ3) is 3.11. The van der Waals surface area contributed by atoms with E-state index in [-0.39, 0.29) is 0 Å². The van der Waals surface area contributed by atoms with Crippen molar-refractivity contribution in [2.45, 2.75) is 19.1 Å². The molecule has 0 radical (unpaired) electrons. The molecule has 0 fully saturated rings. The fourth-order valence-corrected chi connectivity index (χ4v) is 2.68. The SMILES string of the molecule is COC(=O)[C@H]1N=C(c2ccc(OC)cc2)O[C@H]1c1cccc(C)c1. The Balaban J connectivity index is 1.93. The molecule has 0 aromatic heterocycles. The van der Waals surface area contributed by atoms with E-state index in [0.29, 0.717) is 5.90 Å². The van der Waals surface area contributed by atoms with Gasteiger partial charge in [0, 0.05) is 5.56 Å². The Morgan fingerprint density at radius 3 is 2.50 bits per heavy atom. The van der Waals surface area contributed by atoms with E-state index in [9.17, 15) is 4.79 Å². The monoisotopic (exact) mass is 325 g/mol. The van der Waals surface area contributed by atoms with Crippen molar-refractivity contribution < 1.29 is 19.0 Å². The van der Waals surface area contributed by atoms with E-state index in [1.165, 1.54) is 7.11 Å². The second-order valence-corrected chi connectivity index (χ2v) is 5.58. The second kappa shape index (κ2) is 6.74. The van der Waals surface area contributed by atoms with Crippen LogP contribution in [0.2, 0.25) is 0 Å². The van der Waals surface area contributed by atoms with Crippen LogP contribution < -0.4 is 4.74 Å². The van der Waals surface area contributed by atoms with Gasteiger partial charge in [0.05, 0.1) is 14.2 Å². The summed E-state index contributed by atoms with van der Waals surface area (Å²) in [7, 11) is 2.97. The minimum absolute atomic E-state index is 0.412. The molecule has 0 spiro atoms. The summed E-state index contributed by atoms with van der Waals surface area (Å²) in [6.07, 6.45) is -0.491. The summed E-state index contributed by atoms with van der Waals surface area (Å²) >= 11 is 0. The van der Waals surface area contributed by atoms with Crippen LogP contribution in [0.5, 0.6) is 5.75 Å². The van der Waals surface area contributed by atoms with Crippen LogP contribution in [0.25, 0.3) is 0 Å². The Hall–Kier alpha value is -2.82. The lowest BCUT2D eigenvalue weighted by Gasteiger charge is -2.17.